The summed E-state index contributed by atoms with van der Waals surface area (Å²) < 4.78 is 20.0. The molecule has 1 nitrogen and oxygen atoms in total. The summed E-state index contributed by atoms with van der Waals surface area (Å²) >= 11 is 3.23. The van der Waals surface area contributed by atoms with Crippen LogP contribution >= 0.6 is 15.9 Å². The van der Waals surface area contributed by atoms with Crippen LogP contribution in [0.25, 0.3) is 0 Å². The first-order chi connectivity index (χ1) is 8.66. The molecule has 0 aromatic heterocycles. The van der Waals surface area contributed by atoms with E-state index in [0.717, 1.165) is 10.0 Å². The number of rotatable bonds is 4. The van der Waals surface area contributed by atoms with Gasteiger partial charge in [0.05, 0.1) is 12.7 Å². The Morgan fingerprint density at radius 3 is 2.56 bits per heavy atom. The Morgan fingerprint density at radius 2 is 1.89 bits per heavy atom. The number of hydrogen-bond acceptors (Lipinski definition) is 1. The van der Waals surface area contributed by atoms with E-state index < -0.39 is 0 Å². The lowest BCUT2D eigenvalue weighted by Crippen LogP contribution is -2.01. The zero-order chi connectivity index (χ0) is 13.0. The molecule has 94 valence electrons. The van der Waals surface area contributed by atoms with Crippen LogP contribution in [0.2, 0.25) is 0 Å². The second-order valence-corrected chi connectivity index (χ2v) is 5.02. The predicted octanol–water partition coefficient (Wildman–Crippen LogP) is 4.87. The van der Waals surface area contributed by atoms with Gasteiger partial charge in [-0.05, 0) is 24.6 Å². The first-order valence-electron chi connectivity index (χ1n) is 5.77. The maximum Gasteiger partial charge on any atom is 0.129 e. The molecule has 18 heavy (non-hydrogen) atoms. The fraction of sp³-hybridized carbons (Fsp3) is 0.200. The van der Waals surface area contributed by atoms with E-state index >= 15 is 0 Å². The average molecular weight is 309 g/mol. The number of benzene rings is 2. The van der Waals surface area contributed by atoms with Gasteiger partial charge in [-0.3, -0.25) is 0 Å². The molecule has 0 fully saturated rings. The lowest BCUT2D eigenvalue weighted by molar-refractivity contribution is 0.0508. The molecule has 3 heteroatoms. The van der Waals surface area contributed by atoms with Gasteiger partial charge in [-0.2, -0.15) is 0 Å². The van der Waals surface area contributed by atoms with E-state index in [4.69, 9.17) is 4.74 Å². The van der Waals surface area contributed by atoms with E-state index in [-0.39, 0.29) is 18.5 Å². The zero-order valence-electron chi connectivity index (χ0n) is 10.1. The van der Waals surface area contributed by atoms with E-state index in [0.29, 0.717) is 5.56 Å². The third-order valence-corrected chi connectivity index (χ3v) is 3.27. The summed E-state index contributed by atoms with van der Waals surface area (Å²) in [5.41, 5.74) is 1.66. The van der Waals surface area contributed by atoms with Gasteiger partial charge < -0.3 is 4.74 Å². The smallest absolute Gasteiger partial charge is 0.129 e. The van der Waals surface area contributed by atoms with Gasteiger partial charge >= 0.3 is 0 Å². The van der Waals surface area contributed by atoms with Crippen molar-refractivity contribution in [3.63, 3.8) is 0 Å². The SMILES string of the molecule is CC(OCc1ccc(Br)cc1F)c1ccccc1. The molecule has 0 heterocycles. The van der Waals surface area contributed by atoms with Crippen LogP contribution < -0.4 is 0 Å². The molecule has 0 N–H and O–H groups in total. The lowest BCUT2D eigenvalue weighted by atomic mass is 10.1. The van der Waals surface area contributed by atoms with Crippen molar-refractivity contribution in [3.05, 3.63) is 69.9 Å². The van der Waals surface area contributed by atoms with Crippen molar-refractivity contribution >= 4 is 15.9 Å². The van der Waals surface area contributed by atoms with Crippen LogP contribution in [0.15, 0.2) is 53.0 Å². The Balaban J connectivity index is 1.99. The summed E-state index contributed by atoms with van der Waals surface area (Å²) in [6.45, 7) is 2.24. The maximum absolute atomic E-state index is 13.6. The minimum atomic E-state index is -0.246. The van der Waals surface area contributed by atoms with Gasteiger partial charge in [0.25, 0.3) is 0 Å². The van der Waals surface area contributed by atoms with Crippen molar-refractivity contribution in [2.75, 3.05) is 0 Å². The minimum Gasteiger partial charge on any atom is -0.369 e. The topological polar surface area (TPSA) is 9.23 Å². The Hall–Kier alpha value is -1.19. The molecule has 0 aliphatic carbocycles. The van der Waals surface area contributed by atoms with E-state index in [2.05, 4.69) is 15.9 Å². The third kappa shape index (κ3) is 3.40. The number of ether oxygens (including phenoxy) is 1. The summed E-state index contributed by atoms with van der Waals surface area (Å²) in [4.78, 5) is 0. The second kappa shape index (κ2) is 6.12. The largest absolute Gasteiger partial charge is 0.369 e. The lowest BCUT2D eigenvalue weighted by Gasteiger charge is -2.13. The summed E-state index contributed by atoms with van der Waals surface area (Å²) in [5, 5.41) is 0. The highest BCUT2D eigenvalue weighted by Crippen LogP contribution is 2.20. The molecule has 2 aromatic carbocycles. The van der Waals surface area contributed by atoms with Crippen molar-refractivity contribution in [3.8, 4) is 0 Å². The Kier molecular flexibility index (Phi) is 4.50. The summed E-state index contributed by atoms with van der Waals surface area (Å²) in [7, 11) is 0. The third-order valence-electron chi connectivity index (χ3n) is 2.77. The van der Waals surface area contributed by atoms with Crippen molar-refractivity contribution in [2.24, 2.45) is 0 Å². The van der Waals surface area contributed by atoms with Crippen molar-refractivity contribution in [1.29, 1.82) is 0 Å². The molecule has 1 atom stereocenters. The van der Waals surface area contributed by atoms with Crippen LogP contribution in [0.1, 0.15) is 24.2 Å². The van der Waals surface area contributed by atoms with Crippen LogP contribution in [0.5, 0.6) is 0 Å². The molecule has 0 saturated heterocycles. The van der Waals surface area contributed by atoms with E-state index in [1.165, 1.54) is 6.07 Å². The second-order valence-electron chi connectivity index (χ2n) is 4.10. The number of halogens is 2. The van der Waals surface area contributed by atoms with Crippen molar-refractivity contribution in [1.82, 2.24) is 0 Å². The zero-order valence-corrected chi connectivity index (χ0v) is 11.7. The molecule has 0 aliphatic rings. The van der Waals surface area contributed by atoms with Gasteiger partial charge in [0.2, 0.25) is 0 Å². The Morgan fingerprint density at radius 1 is 1.17 bits per heavy atom. The normalized spacial score (nSPS) is 12.4. The highest BCUT2D eigenvalue weighted by atomic mass is 79.9. The molecule has 2 aromatic rings. The van der Waals surface area contributed by atoms with Gasteiger partial charge in [0.15, 0.2) is 0 Å². The Labute approximate surface area is 115 Å². The van der Waals surface area contributed by atoms with Gasteiger partial charge in [-0.15, -0.1) is 0 Å². The quantitative estimate of drug-likeness (QED) is 0.783. The van der Waals surface area contributed by atoms with Crippen LogP contribution in [0.3, 0.4) is 0 Å². The highest BCUT2D eigenvalue weighted by Gasteiger charge is 2.08. The van der Waals surface area contributed by atoms with Crippen molar-refractivity contribution in [2.45, 2.75) is 19.6 Å². The molecule has 0 bridgehead atoms. The molecule has 0 aliphatic heterocycles. The molecular weight excluding hydrogens is 295 g/mol. The summed E-state index contributed by atoms with van der Waals surface area (Å²) in [6.07, 6.45) is -0.0470. The van der Waals surface area contributed by atoms with Gasteiger partial charge in [-0.25, -0.2) is 4.39 Å². The first kappa shape index (κ1) is 13.2. The molecule has 0 amide bonds. The molecular formula is C15H14BrFO. The monoisotopic (exact) mass is 308 g/mol. The minimum absolute atomic E-state index is 0.0470. The predicted molar refractivity (Wildman–Crippen MR) is 73.7 cm³/mol. The van der Waals surface area contributed by atoms with Crippen LogP contribution in [0, 0.1) is 5.82 Å². The van der Waals surface area contributed by atoms with Gasteiger partial charge in [0, 0.05) is 10.0 Å². The van der Waals surface area contributed by atoms with Crippen LogP contribution in [-0.2, 0) is 11.3 Å². The molecule has 0 saturated carbocycles. The fourth-order valence-electron chi connectivity index (χ4n) is 1.67. The van der Waals surface area contributed by atoms with E-state index in [1.807, 2.05) is 43.3 Å². The van der Waals surface area contributed by atoms with Crippen molar-refractivity contribution < 1.29 is 9.13 Å². The summed E-state index contributed by atoms with van der Waals surface area (Å²) in [5.74, 6) is -0.246. The van der Waals surface area contributed by atoms with Crippen LogP contribution in [-0.4, -0.2) is 0 Å². The average Bonchev–Trinajstić information content (AvgIpc) is 2.38. The van der Waals surface area contributed by atoms with Crippen LogP contribution in [0.4, 0.5) is 4.39 Å². The Bertz CT molecular complexity index is 513. The molecule has 1 unspecified atom stereocenters. The fourth-order valence-corrected chi connectivity index (χ4v) is 2.01. The van der Waals surface area contributed by atoms with Gasteiger partial charge in [0.1, 0.15) is 5.82 Å². The van der Waals surface area contributed by atoms with Gasteiger partial charge in [-0.1, -0.05) is 52.3 Å². The number of hydrogen-bond donors (Lipinski definition) is 0. The first-order valence-corrected chi connectivity index (χ1v) is 6.56. The molecule has 0 radical (unpaired) electrons. The molecule has 0 spiro atoms. The standard InChI is InChI=1S/C15H14BrFO/c1-11(12-5-3-2-4-6-12)18-10-13-7-8-14(16)9-15(13)17/h2-9,11H,10H2,1H3. The highest BCUT2D eigenvalue weighted by molar-refractivity contribution is 9.10. The van der Waals surface area contributed by atoms with E-state index in [1.54, 1.807) is 6.07 Å². The summed E-state index contributed by atoms with van der Waals surface area (Å²) in [6, 6.07) is 14.9. The van der Waals surface area contributed by atoms with E-state index in [9.17, 15) is 4.39 Å². The maximum atomic E-state index is 13.6. The molecule has 2 rings (SSSR count).